The van der Waals surface area contributed by atoms with Gasteiger partial charge in [0, 0.05) is 18.0 Å². The van der Waals surface area contributed by atoms with Crippen LogP contribution in [0.3, 0.4) is 0 Å². The predicted octanol–water partition coefficient (Wildman–Crippen LogP) is 2.52. The second kappa shape index (κ2) is 4.45. The zero-order chi connectivity index (χ0) is 14.4. The number of fused-ring (bicyclic) bond motifs is 1. The highest BCUT2D eigenvalue weighted by atomic mass is 32.1. The molecule has 0 unspecified atom stereocenters. The predicted molar refractivity (Wildman–Crippen MR) is 76.9 cm³/mol. The van der Waals surface area contributed by atoms with Gasteiger partial charge in [-0.3, -0.25) is 4.98 Å². The quantitative estimate of drug-likeness (QED) is 0.565. The lowest BCUT2D eigenvalue weighted by atomic mass is 10.2. The molecule has 0 amide bonds. The summed E-state index contributed by atoms with van der Waals surface area (Å²) in [5.74, 6) is 1.45. The Morgan fingerprint density at radius 3 is 2.67 bits per heavy atom. The van der Waals surface area contributed by atoms with Gasteiger partial charge in [-0.25, -0.2) is 0 Å². The van der Waals surface area contributed by atoms with Crippen LogP contribution in [0.2, 0.25) is 0 Å². The van der Waals surface area contributed by atoms with Crippen molar-refractivity contribution in [3.05, 3.63) is 36.0 Å². The molecule has 0 aliphatic rings. The summed E-state index contributed by atoms with van der Waals surface area (Å²) in [6.07, 6.45) is 3.44. The van der Waals surface area contributed by atoms with Crippen LogP contribution in [0.5, 0.6) is 0 Å². The average molecular weight is 298 g/mol. The number of hydrogen-bond acceptors (Lipinski definition) is 7. The maximum Gasteiger partial charge on any atom is 0.235 e. The molecule has 0 atom stereocenters. The molecule has 0 spiro atoms. The van der Waals surface area contributed by atoms with E-state index < -0.39 is 0 Å². The number of aryl methyl sites for hydroxylation is 2. The Labute approximate surface area is 123 Å². The van der Waals surface area contributed by atoms with E-state index in [2.05, 4.69) is 25.4 Å². The molecule has 0 aromatic carbocycles. The minimum atomic E-state index is 0.696. The molecule has 104 valence electrons. The second-order valence-electron chi connectivity index (χ2n) is 4.56. The minimum absolute atomic E-state index is 0.696. The molecule has 8 heteroatoms. The van der Waals surface area contributed by atoms with Crippen LogP contribution in [0.4, 0.5) is 0 Å². The first-order valence-corrected chi connectivity index (χ1v) is 7.11. The molecule has 0 saturated heterocycles. The zero-order valence-corrected chi connectivity index (χ0v) is 12.1. The summed E-state index contributed by atoms with van der Waals surface area (Å²) in [4.78, 5) is 4.74. The third kappa shape index (κ3) is 1.83. The first-order valence-electron chi connectivity index (χ1n) is 6.30. The topological polar surface area (TPSA) is 82.0 Å². The maximum absolute atomic E-state index is 5.20. The van der Waals surface area contributed by atoms with Crippen LogP contribution in [-0.2, 0) is 0 Å². The summed E-state index contributed by atoms with van der Waals surface area (Å²) >= 11 is 1.46. The normalized spacial score (nSPS) is 11.3. The van der Waals surface area contributed by atoms with Gasteiger partial charge in [-0.2, -0.15) is 9.61 Å². The fraction of sp³-hybridized carbons (Fsp3) is 0.154. The van der Waals surface area contributed by atoms with E-state index in [0.717, 1.165) is 32.5 Å². The molecule has 0 N–H and O–H groups in total. The molecule has 4 heterocycles. The second-order valence-corrected chi connectivity index (χ2v) is 5.52. The summed E-state index contributed by atoms with van der Waals surface area (Å²) in [6.45, 7) is 3.78. The van der Waals surface area contributed by atoms with Crippen molar-refractivity contribution in [1.29, 1.82) is 0 Å². The monoisotopic (exact) mass is 298 g/mol. The van der Waals surface area contributed by atoms with E-state index in [1.165, 1.54) is 11.3 Å². The molecule has 0 radical (unpaired) electrons. The standard InChI is InChI=1S/C13H10N6OS/c1-7-10(8(2)20-18-7)12-17-19-11(15-16-13(19)21-12)9-3-5-14-6-4-9/h3-6H,1-2H3. The van der Waals surface area contributed by atoms with Crippen molar-refractivity contribution in [3.63, 3.8) is 0 Å². The van der Waals surface area contributed by atoms with Gasteiger partial charge in [0.25, 0.3) is 0 Å². The van der Waals surface area contributed by atoms with E-state index in [1.807, 2.05) is 26.0 Å². The molecule has 0 fully saturated rings. The number of rotatable bonds is 2. The SMILES string of the molecule is Cc1noc(C)c1-c1nn2c(-c3ccncc3)nnc2s1. The van der Waals surface area contributed by atoms with Crippen molar-refractivity contribution in [2.75, 3.05) is 0 Å². The van der Waals surface area contributed by atoms with Gasteiger partial charge in [-0.15, -0.1) is 10.2 Å². The van der Waals surface area contributed by atoms with E-state index in [4.69, 9.17) is 4.52 Å². The highest BCUT2D eigenvalue weighted by molar-refractivity contribution is 7.19. The summed E-state index contributed by atoms with van der Waals surface area (Å²) < 4.78 is 6.94. The molecule has 0 aliphatic heterocycles. The van der Waals surface area contributed by atoms with Crippen LogP contribution in [0.25, 0.3) is 26.9 Å². The van der Waals surface area contributed by atoms with E-state index in [1.54, 1.807) is 16.9 Å². The van der Waals surface area contributed by atoms with Crippen molar-refractivity contribution >= 4 is 16.3 Å². The molecule has 0 aliphatic carbocycles. The Balaban J connectivity index is 1.91. The molecule has 21 heavy (non-hydrogen) atoms. The van der Waals surface area contributed by atoms with Crippen LogP contribution >= 0.6 is 11.3 Å². The van der Waals surface area contributed by atoms with E-state index >= 15 is 0 Å². The maximum atomic E-state index is 5.20. The van der Waals surface area contributed by atoms with Crippen LogP contribution < -0.4 is 0 Å². The minimum Gasteiger partial charge on any atom is -0.361 e. The van der Waals surface area contributed by atoms with Crippen molar-refractivity contribution in [2.24, 2.45) is 0 Å². The molecular weight excluding hydrogens is 288 g/mol. The fourth-order valence-corrected chi connectivity index (χ4v) is 3.17. The van der Waals surface area contributed by atoms with Crippen molar-refractivity contribution in [2.45, 2.75) is 13.8 Å². The Morgan fingerprint density at radius 2 is 1.95 bits per heavy atom. The number of pyridine rings is 1. The first-order chi connectivity index (χ1) is 10.2. The third-order valence-corrected chi connectivity index (χ3v) is 4.09. The van der Waals surface area contributed by atoms with Gasteiger partial charge in [0.05, 0.1) is 11.3 Å². The van der Waals surface area contributed by atoms with Crippen LogP contribution in [0.15, 0.2) is 29.0 Å². The van der Waals surface area contributed by atoms with E-state index in [9.17, 15) is 0 Å². The molecular formula is C13H10N6OS. The Morgan fingerprint density at radius 1 is 1.14 bits per heavy atom. The van der Waals surface area contributed by atoms with E-state index in [0.29, 0.717) is 5.82 Å². The Kier molecular flexibility index (Phi) is 2.58. The number of hydrogen-bond donors (Lipinski definition) is 0. The number of aromatic nitrogens is 6. The van der Waals surface area contributed by atoms with Crippen LogP contribution in [0.1, 0.15) is 11.5 Å². The molecule has 7 nitrogen and oxygen atoms in total. The van der Waals surface area contributed by atoms with Gasteiger partial charge >= 0.3 is 0 Å². The first kappa shape index (κ1) is 12.2. The van der Waals surface area contributed by atoms with Gasteiger partial charge in [0.15, 0.2) is 10.8 Å². The van der Waals surface area contributed by atoms with Gasteiger partial charge in [0.1, 0.15) is 5.76 Å². The molecule has 0 saturated carbocycles. The van der Waals surface area contributed by atoms with Gasteiger partial charge in [-0.1, -0.05) is 16.5 Å². The van der Waals surface area contributed by atoms with Crippen molar-refractivity contribution in [3.8, 4) is 22.0 Å². The highest BCUT2D eigenvalue weighted by Gasteiger charge is 2.19. The summed E-state index contributed by atoms with van der Waals surface area (Å²) in [6, 6.07) is 3.76. The molecule has 4 rings (SSSR count). The largest absolute Gasteiger partial charge is 0.361 e. The lowest BCUT2D eigenvalue weighted by molar-refractivity contribution is 0.393. The van der Waals surface area contributed by atoms with Crippen LogP contribution in [-0.4, -0.2) is 30.0 Å². The summed E-state index contributed by atoms with van der Waals surface area (Å²) in [7, 11) is 0. The highest BCUT2D eigenvalue weighted by Crippen LogP contribution is 2.31. The lowest BCUT2D eigenvalue weighted by Crippen LogP contribution is -1.91. The van der Waals surface area contributed by atoms with Crippen molar-refractivity contribution in [1.82, 2.24) is 30.0 Å². The Hall–Kier alpha value is -2.61. The van der Waals surface area contributed by atoms with E-state index in [-0.39, 0.29) is 0 Å². The zero-order valence-electron chi connectivity index (χ0n) is 11.3. The van der Waals surface area contributed by atoms with Crippen LogP contribution in [0, 0.1) is 13.8 Å². The summed E-state index contributed by atoms with van der Waals surface area (Å²) in [5, 5.41) is 17.8. The number of nitrogens with zero attached hydrogens (tertiary/aromatic N) is 6. The average Bonchev–Trinajstić information content (AvgIpc) is 3.14. The smallest absolute Gasteiger partial charge is 0.235 e. The molecule has 4 aromatic rings. The lowest BCUT2D eigenvalue weighted by Gasteiger charge is -1.95. The molecule has 0 bridgehead atoms. The Bertz CT molecular complexity index is 903. The third-order valence-electron chi connectivity index (χ3n) is 3.18. The fourth-order valence-electron chi connectivity index (χ4n) is 2.19. The van der Waals surface area contributed by atoms with Gasteiger partial charge in [-0.05, 0) is 26.0 Å². The van der Waals surface area contributed by atoms with Gasteiger partial charge < -0.3 is 4.52 Å². The van der Waals surface area contributed by atoms with Crippen molar-refractivity contribution < 1.29 is 4.52 Å². The summed E-state index contributed by atoms with van der Waals surface area (Å²) in [5.41, 5.74) is 2.67. The van der Waals surface area contributed by atoms with Gasteiger partial charge in [0.2, 0.25) is 4.96 Å². The molecule has 4 aromatic heterocycles.